The maximum Gasteiger partial charge on any atom is 0.246 e. The van der Waals surface area contributed by atoms with Gasteiger partial charge in [0.15, 0.2) is 0 Å². The van der Waals surface area contributed by atoms with Crippen molar-refractivity contribution in [2.24, 2.45) is 0 Å². The molecule has 0 fully saturated rings. The van der Waals surface area contributed by atoms with Crippen LogP contribution in [0.25, 0.3) is 11.4 Å². The summed E-state index contributed by atoms with van der Waals surface area (Å²) in [7, 11) is 0. The van der Waals surface area contributed by atoms with E-state index in [0.717, 1.165) is 17.0 Å². The minimum atomic E-state index is 0.435. The molecule has 23 heavy (non-hydrogen) atoms. The van der Waals surface area contributed by atoms with E-state index in [4.69, 9.17) is 20.9 Å². The van der Waals surface area contributed by atoms with Crippen LogP contribution in [0.4, 0.5) is 5.69 Å². The third kappa shape index (κ3) is 4.02. The van der Waals surface area contributed by atoms with Gasteiger partial charge < -0.3 is 14.6 Å². The van der Waals surface area contributed by atoms with Crippen molar-refractivity contribution in [3.05, 3.63) is 59.4 Å². The van der Waals surface area contributed by atoms with Gasteiger partial charge in [-0.25, -0.2) is 0 Å². The van der Waals surface area contributed by atoms with Crippen molar-refractivity contribution in [3.8, 4) is 17.1 Å². The number of hydrogen-bond acceptors (Lipinski definition) is 5. The van der Waals surface area contributed by atoms with Crippen LogP contribution in [0, 0.1) is 0 Å². The normalized spacial score (nSPS) is 10.5. The van der Waals surface area contributed by atoms with Crippen molar-refractivity contribution in [1.82, 2.24) is 10.1 Å². The molecule has 1 heterocycles. The number of rotatable bonds is 6. The Hall–Kier alpha value is -2.53. The van der Waals surface area contributed by atoms with Gasteiger partial charge in [-0.3, -0.25) is 0 Å². The third-order valence-electron chi connectivity index (χ3n) is 3.16. The highest BCUT2D eigenvalue weighted by Crippen LogP contribution is 2.20. The largest absolute Gasteiger partial charge is 0.494 e. The van der Waals surface area contributed by atoms with E-state index in [2.05, 4.69) is 15.5 Å². The molecular formula is C17H16ClN3O2. The van der Waals surface area contributed by atoms with E-state index in [0.29, 0.717) is 29.9 Å². The molecular weight excluding hydrogens is 314 g/mol. The molecule has 0 bridgehead atoms. The minimum Gasteiger partial charge on any atom is -0.494 e. The summed E-state index contributed by atoms with van der Waals surface area (Å²) < 4.78 is 10.7. The molecule has 0 aliphatic heterocycles. The third-order valence-corrected chi connectivity index (χ3v) is 3.40. The second kappa shape index (κ2) is 7.15. The lowest BCUT2D eigenvalue weighted by Crippen LogP contribution is -1.99. The summed E-state index contributed by atoms with van der Waals surface area (Å²) in [5.41, 5.74) is 1.78. The molecule has 118 valence electrons. The Morgan fingerprint density at radius 1 is 1.17 bits per heavy atom. The molecule has 0 aliphatic carbocycles. The molecule has 0 radical (unpaired) electrons. The van der Waals surface area contributed by atoms with Crippen LogP contribution in [0.1, 0.15) is 12.8 Å². The number of nitrogens with zero attached hydrogens (tertiary/aromatic N) is 2. The molecule has 0 unspecified atom stereocenters. The Balaban J connectivity index is 1.65. The lowest BCUT2D eigenvalue weighted by Gasteiger charge is -2.03. The van der Waals surface area contributed by atoms with E-state index in [9.17, 15) is 0 Å². The zero-order valence-electron chi connectivity index (χ0n) is 12.6. The second-order valence-corrected chi connectivity index (χ2v) is 5.27. The first kappa shape index (κ1) is 15.4. The van der Waals surface area contributed by atoms with Crippen molar-refractivity contribution in [1.29, 1.82) is 0 Å². The smallest absolute Gasteiger partial charge is 0.246 e. The van der Waals surface area contributed by atoms with Gasteiger partial charge in [0, 0.05) is 16.3 Å². The van der Waals surface area contributed by atoms with E-state index in [1.807, 2.05) is 55.5 Å². The Morgan fingerprint density at radius 3 is 2.74 bits per heavy atom. The Kier molecular flexibility index (Phi) is 4.78. The second-order valence-electron chi connectivity index (χ2n) is 4.83. The van der Waals surface area contributed by atoms with Crippen LogP contribution in [-0.4, -0.2) is 16.7 Å². The number of hydrogen-bond donors (Lipinski definition) is 1. The molecule has 3 aromatic rings. The quantitative estimate of drug-likeness (QED) is 0.726. The van der Waals surface area contributed by atoms with Crippen molar-refractivity contribution in [2.75, 3.05) is 11.9 Å². The molecule has 1 N–H and O–H groups in total. The predicted octanol–water partition coefficient (Wildman–Crippen LogP) is 4.40. The lowest BCUT2D eigenvalue weighted by molar-refractivity contribution is 0.340. The zero-order valence-corrected chi connectivity index (χ0v) is 13.4. The van der Waals surface area contributed by atoms with Gasteiger partial charge in [0.1, 0.15) is 5.75 Å². The van der Waals surface area contributed by atoms with Gasteiger partial charge in [0.25, 0.3) is 0 Å². The monoisotopic (exact) mass is 329 g/mol. The molecule has 0 spiro atoms. The van der Waals surface area contributed by atoms with Gasteiger partial charge in [-0.05, 0) is 49.4 Å². The van der Waals surface area contributed by atoms with Gasteiger partial charge in [-0.15, -0.1) is 0 Å². The van der Waals surface area contributed by atoms with Crippen molar-refractivity contribution < 1.29 is 9.26 Å². The van der Waals surface area contributed by atoms with E-state index in [-0.39, 0.29) is 0 Å². The molecule has 6 heteroatoms. The van der Waals surface area contributed by atoms with Crippen molar-refractivity contribution in [3.63, 3.8) is 0 Å². The fourth-order valence-electron chi connectivity index (χ4n) is 2.09. The minimum absolute atomic E-state index is 0.435. The van der Waals surface area contributed by atoms with Crippen molar-refractivity contribution >= 4 is 17.3 Å². The number of anilines is 1. The number of nitrogens with one attached hydrogen (secondary N) is 1. The standard InChI is InChI=1S/C17H16ClN3O2/c1-2-22-15-8-6-12(7-9-15)17-20-16(23-21-17)11-19-14-5-3-4-13(18)10-14/h3-10,19H,2,11H2,1H3. The number of benzene rings is 2. The predicted molar refractivity (Wildman–Crippen MR) is 89.7 cm³/mol. The van der Waals surface area contributed by atoms with Gasteiger partial charge >= 0.3 is 0 Å². The Labute approximate surface area is 139 Å². The zero-order chi connectivity index (χ0) is 16.1. The summed E-state index contributed by atoms with van der Waals surface area (Å²) in [4.78, 5) is 4.38. The summed E-state index contributed by atoms with van der Waals surface area (Å²) >= 11 is 5.94. The molecule has 1 aromatic heterocycles. The first-order valence-electron chi connectivity index (χ1n) is 7.30. The lowest BCUT2D eigenvalue weighted by atomic mass is 10.2. The number of halogens is 1. The van der Waals surface area contributed by atoms with E-state index in [1.165, 1.54) is 0 Å². The highest BCUT2D eigenvalue weighted by Gasteiger charge is 2.08. The van der Waals surface area contributed by atoms with Crippen LogP contribution < -0.4 is 10.1 Å². The molecule has 0 atom stereocenters. The first-order valence-corrected chi connectivity index (χ1v) is 7.67. The van der Waals surface area contributed by atoms with Crippen LogP contribution >= 0.6 is 11.6 Å². The summed E-state index contributed by atoms with van der Waals surface area (Å²) in [6.07, 6.45) is 0. The van der Waals surface area contributed by atoms with E-state index >= 15 is 0 Å². The van der Waals surface area contributed by atoms with Crippen LogP contribution in [0.2, 0.25) is 5.02 Å². The maximum atomic E-state index is 5.94. The molecule has 0 saturated heterocycles. The number of ether oxygens (including phenoxy) is 1. The van der Waals surface area contributed by atoms with E-state index in [1.54, 1.807) is 0 Å². The molecule has 0 aliphatic rings. The highest BCUT2D eigenvalue weighted by molar-refractivity contribution is 6.30. The molecule has 0 saturated carbocycles. The summed E-state index contributed by atoms with van der Waals surface area (Å²) in [6.45, 7) is 3.03. The van der Waals surface area contributed by atoms with Crippen LogP contribution in [-0.2, 0) is 6.54 Å². The van der Waals surface area contributed by atoms with Gasteiger partial charge in [0.05, 0.1) is 13.2 Å². The Morgan fingerprint density at radius 2 is 2.00 bits per heavy atom. The fourth-order valence-corrected chi connectivity index (χ4v) is 2.28. The molecule has 0 amide bonds. The summed E-state index contributed by atoms with van der Waals surface area (Å²) in [5, 5.41) is 7.87. The molecule has 5 nitrogen and oxygen atoms in total. The summed E-state index contributed by atoms with van der Waals surface area (Å²) in [6, 6.07) is 15.1. The molecule has 3 rings (SSSR count). The number of aromatic nitrogens is 2. The average molecular weight is 330 g/mol. The van der Waals surface area contributed by atoms with Gasteiger partial charge in [0.2, 0.25) is 11.7 Å². The maximum absolute atomic E-state index is 5.94. The first-order chi connectivity index (χ1) is 11.2. The molecule has 2 aromatic carbocycles. The van der Waals surface area contributed by atoms with Crippen molar-refractivity contribution in [2.45, 2.75) is 13.5 Å². The average Bonchev–Trinajstić information content (AvgIpc) is 3.03. The fraction of sp³-hybridized carbons (Fsp3) is 0.176. The van der Waals surface area contributed by atoms with Gasteiger partial charge in [-0.1, -0.05) is 22.8 Å². The van der Waals surface area contributed by atoms with E-state index < -0.39 is 0 Å². The van der Waals surface area contributed by atoms with Crippen LogP contribution in [0.3, 0.4) is 0 Å². The van der Waals surface area contributed by atoms with Crippen LogP contribution in [0.15, 0.2) is 53.1 Å². The SMILES string of the molecule is CCOc1ccc(-c2noc(CNc3cccc(Cl)c3)n2)cc1. The van der Waals surface area contributed by atoms with Gasteiger partial charge in [-0.2, -0.15) is 4.98 Å². The topological polar surface area (TPSA) is 60.2 Å². The van der Waals surface area contributed by atoms with Crippen LogP contribution in [0.5, 0.6) is 5.75 Å². The Bertz CT molecular complexity index is 772. The highest BCUT2D eigenvalue weighted by atomic mass is 35.5. The summed E-state index contributed by atoms with van der Waals surface area (Å²) in [5.74, 6) is 1.88.